The Balaban J connectivity index is 1.95. The third-order valence-corrected chi connectivity index (χ3v) is 6.28. The molecule has 0 saturated carbocycles. The van der Waals surface area contributed by atoms with E-state index in [0.717, 1.165) is 4.88 Å². The lowest BCUT2D eigenvalue weighted by Crippen LogP contribution is -2.38. The zero-order chi connectivity index (χ0) is 18.1. The second-order valence-corrected chi connectivity index (χ2v) is 10.2. The Morgan fingerprint density at radius 2 is 1.80 bits per heavy atom. The lowest BCUT2D eigenvalue weighted by atomic mass is 9.86. The second-order valence-electron chi connectivity index (χ2n) is 7.62. The molecule has 2 heterocycles. The smallest absolute Gasteiger partial charge is 0.193 e. The molecule has 1 N–H and O–H groups in total. The first kappa shape index (κ1) is 18.9. The van der Waals surface area contributed by atoms with Crippen LogP contribution in [-0.4, -0.2) is 18.0 Å². The Bertz CT molecular complexity index is 716. The van der Waals surface area contributed by atoms with E-state index in [4.69, 9.17) is 9.47 Å². The highest BCUT2D eigenvalue weighted by Crippen LogP contribution is 2.39. The lowest BCUT2D eigenvalue weighted by molar-refractivity contribution is -0.0413. The van der Waals surface area contributed by atoms with Gasteiger partial charge in [-0.2, -0.15) is 0 Å². The predicted octanol–water partition coefficient (Wildman–Crippen LogP) is 5.40. The van der Waals surface area contributed by atoms with Gasteiger partial charge < -0.3 is 9.47 Å². The standard InChI is InChI=1S/C20H27NO2S2/c1-14-7-6-8-15(11-14)20(5,21-25-19(2,3)4)16-12-17(24-13-16)18-22-9-10-23-18/h6-8,11-13,18,21H,9-10H2,1-5H3. The molecule has 1 aliphatic heterocycles. The molecule has 136 valence electrons. The molecule has 0 radical (unpaired) electrons. The molecule has 5 heteroatoms. The van der Waals surface area contributed by atoms with Crippen LogP contribution in [0.5, 0.6) is 0 Å². The molecule has 1 aromatic heterocycles. The van der Waals surface area contributed by atoms with Gasteiger partial charge in [-0.05, 0) is 57.2 Å². The minimum Gasteiger partial charge on any atom is -0.345 e. The molecule has 3 nitrogen and oxygen atoms in total. The molecule has 1 atom stereocenters. The molecule has 1 aromatic carbocycles. The maximum atomic E-state index is 5.67. The first-order valence-electron chi connectivity index (χ1n) is 8.62. The number of hydrogen-bond acceptors (Lipinski definition) is 5. The molecule has 0 amide bonds. The van der Waals surface area contributed by atoms with Crippen molar-refractivity contribution in [1.29, 1.82) is 0 Å². The number of thiophene rings is 1. The lowest BCUT2D eigenvalue weighted by Gasteiger charge is -2.34. The van der Waals surface area contributed by atoms with E-state index in [1.54, 1.807) is 23.3 Å². The van der Waals surface area contributed by atoms with Crippen LogP contribution in [0.3, 0.4) is 0 Å². The van der Waals surface area contributed by atoms with E-state index < -0.39 is 0 Å². The van der Waals surface area contributed by atoms with Crippen molar-refractivity contribution >= 4 is 23.3 Å². The van der Waals surface area contributed by atoms with E-state index in [1.165, 1.54) is 16.7 Å². The van der Waals surface area contributed by atoms with Crippen molar-refractivity contribution in [2.75, 3.05) is 13.2 Å². The van der Waals surface area contributed by atoms with Gasteiger partial charge in [0.25, 0.3) is 0 Å². The van der Waals surface area contributed by atoms with Crippen LogP contribution in [0, 0.1) is 6.92 Å². The number of rotatable bonds is 5. The van der Waals surface area contributed by atoms with Crippen molar-refractivity contribution < 1.29 is 9.47 Å². The first-order chi connectivity index (χ1) is 11.8. The molecule has 1 aliphatic rings. The molecule has 1 saturated heterocycles. The highest BCUT2D eigenvalue weighted by atomic mass is 32.2. The third-order valence-electron chi connectivity index (χ3n) is 4.21. The highest BCUT2D eigenvalue weighted by Gasteiger charge is 2.33. The van der Waals surface area contributed by atoms with Gasteiger partial charge in [0.1, 0.15) is 0 Å². The fourth-order valence-corrected chi connectivity index (χ4v) is 4.51. The highest BCUT2D eigenvalue weighted by molar-refractivity contribution is 7.98. The van der Waals surface area contributed by atoms with Crippen LogP contribution in [0.25, 0.3) is 0 Å². The van der Waals surface area contributed by atoms with Gasteiger partial charge in [0.15, 0.2) is 6.29 Å². The van der Waals surface area contributed by atoms with Gasteiger partial charge in [-0.1, -0.05) is 41.8 Å². The number of nitrogens with one attached hydrogen (secondary N) is 1. The Morgan fingerprint density at radius 3 is 2.44 bits per heavy atom. The first-order valence-corrected chi connectivity index (χ1v) is 10.3. The summed E-state index contributed by atoms with van der Waals surface area (Å²) in [5.74, 6) is 0. The molecule has 3 rings (SSSR count). The molecule has 0 bridgehead atoms. The Labute approximate surface area is 159 Å². The maximum absolute atomic E-state index is 5.67. The number of aryl methyl sites for hydroxylation is 1. The molecule has 25 heavy (non-hydrogen) atoms. The fourth-order valence-electron chi connectivity index (χ4n) is 2.76. The largest absolute Gasteiger partial charge is 0.345 e. The summed E-state index contributed by atoms with van der Waals surface area (Å²) in [4.78, 5) is 1.13. The summed E-state index contributed by atoms with van der Waals surface area (Å²) in [5, 5.41) is 2.22. The Hall–Kier alpha value is -0.850. The van der Waals surface area contributed by atoms with Crippen molar-refractivity contribution in [3.63, 3.8) is 0 Å². The summed E-state index contributed by atoms with van der Waals surface area (Å²) in [6, 6.07) is 10.9. The molecule has 2 aromatic rings. The molecular formula is C20H27NO2S2. The van der Waals surface area contributed by atoms with E-state index >= 15 is 0 Å². The van der Waals surface area contributed by atoms with Crippen LogP contribution < -0.4 is 4.72 Å². The van der Waals surface area contributed by atoms with E-state index in [-0.39, 0.29) is 16.6 Å². The van der Waals surface area contributed by atoms with Crippen LogP contribution in [0.2, 0.25) is 0 Å². The van der Waals surface area contributed by atoms with Crippen LogP contribution in [0.15, 0.2) is 35.7 Å². The zero-order valence-corrected chi connectivity index (χ0v) is 17.2. The maximum Gasteiger partial charge on any atom is 0.193 e. The molecular weight excluding hydrogens is 350 g/mol. The monoisotopic (exact) mass is 377 g/mol. The van der Waals surface area contributed by atoms with Gasteiger partial charge >= 0.3 is 0 Å². The van der Waals surface area contributed by atoms with E-state index in [9.17, 15) is 0 Å². The Kier molecular flexibility index (Phi) is 5.61. The van der Waals surface area contributed by atoms with Crippen molar-refractivity contribution in [3.8, 4) is 0 Å². The topological polar surface area (TPSA) is 30.5 Å². The van der Waals surface area contributed by atoms with Gasteiger partial charge in [0.2, 0.25) is 0 Å². The van der Waals surface area contributed by atoms with Gasteiger partial charge in [-0.25, -0.2) is 4.72 Å². The summed E-state index contributed by atoms with van der Waals surface area (Å²) < 4.78 is 15.2. The molecule has 0 aliphatic carbocycles. The molecule has 0 spiro atoms. The second kappa shape index (κ2) is 7.41. The minimum absolute atomic E-state index is 0.127. The average molecular weight is 378 g/mol. The normalized spacial score (nSPS) is 18.4. The van der Waals surface area contributed by atoms with E-state index in [0.29, 0.717) is 13.2 Å². The summed E-state index contributed by atoms with van der Waals surface area (Å²) in [6.07, 6.45) is -0.212. The van der Waals surface area contributed by atoms with E-state index in [1.807, 2.05) is 0 Å². The average Bonchev–Trinajstić information content (AvgIpc) is 3.23. The predicted molar refractivity (Wildman–Crippen MR) is 107 cm³/mol. The van der Waals surface area contributed by atoms with Gasteiger partial charge in [-0.15, -0.1) is 11.3 Å². The fraction of sp³-hybridized carbons (Fsp3) is 0.500. The SMILES string of the molecule is Cc1cccc(C(C)(NSC(C)(C)C)c2csc(C3OCCO3)c2)c1. The molecule has 1 fully saturated rings. The van der Waals surface area contributed by atoms with Crippen LogP contribution in [-0.2, 0) is 15.0 Å². The number of hydrogen-bond donors (Lipinski definition) is 1. The van der Waals surface area contributed by atoms with Gasteiger partial charge in [0.05, 0.1) is 23.6 Å². The summed E-state index contributed by atoms with van der Waals surface area (Å²) in [7, 11) is 0. The van der Waals surface area contributed by atoms with Crippen LogP contribution >= 0.6 is 23.3 Å². The van der Waals surface area contributed by atoms with Crippen molar-refractivity contribution in [3.05, 3.63) is 57.3 Å². The van der Waals surface area contributed by atoms with Gasteiger partial charge in [-0.3, -0.25) is 0 Å². The number of ether oxygens (including phenoxy) is 2. The zero-order valence-electron chi connectivity index (χ0n) is 15.6. The minimum atomic E-state index is -0.280. The van der Waals surface area contributed by atoms with Gasteiger partial charge in [0, 0.05) is 4.75 Å². The summed E-state index contributed by atoms with van der Waals surface area (Å²) in [6.45, 7) is 12.4. The van der Waals surface area contributed by atoms with E-state index in [2.05, 4.69) is 75.1 Å². The summed E-state index contributed by atoms with van der Waals surface area (Å²) in [5.41, 5.74) is 3.50. The number of benzene rings is 1. The van der Waals surface area contributed by atoms with Crippen molar-refractivity contribution in [2.45, 2.75) is 51.2 Å². The Morgan fingerprint density at radius 1 is 1.08 bits per heavy atom. The summed E-state index contributed by atoms with van der Waals surface area (Å²) >= 11 is 3.48. The third kappa shape index (κ3) is 4.47. The van der Waals surface area contributed by atoms with Crippen LogP contribution in [0.1, 0.15) is 55.6 Å². The quantitative estimate of drug-likeness (QED) is 0.707. The van der Waals surface area contributed by atoms with Crippen molar-refractivity contribution in [1.82, 2.24) is 4.72 Å². The van der Waals surface area contributed by atoms with Crippen LogP contribution in [0.4, 0.5) is 0 Å². The molecule has 1 unspecified atom stereocenters. The van der Waals surface area contributed by atoms with Crippen molar-refractivity contribution in [2.24, 2.45) is 0 Å².